The van der Waals surface area contributed by atoms with Gasteiger partial charge in [0.15, 0.2) is 0 Å². The molecule has 5 nitrogen and oxygen atoms in total. The first-order valence-corrected chi connectivity index (χ1v) is 4.88. The van der Waals surface area contributed by atoms with Gasteiger partial charge < -0.3 is 15.2 Å². The molecule has 16 heavy (non-hydrogen) atoms. The van der Waals surface area contributed by atoms with Crippen LogP contribution < -0.4 is 5.32 Å². The van der Waals surface area contributed by atoms with Gasteiger partial charge in [-0.05, 0) is 27.7 Å². The highest BCUT2D eigenvalue weighted by Crippen LogP contribution is 2.07. The third-order valence-electron chi connectivity index (χ3n) is 1.47. The number of carbonyl (C=O) groups is 2. The van der Waals surface area contributed by atoms with E-state index in [0.717, 1.165) is 0 Å². The number of ether oxygens (including phenoxy) is 1. The van der Waals surface area contributed by atoms with E-state index in [1.807, 2.05) is 0 Å². The highest BCUT2D eigenvalue weighted by molar-refractivity contribution is 5.80. The molecule has 0 rings (SSSR count). The molecule has 2 N–H and O–H groups in total. The van der Waals surface area contributed by atoms with E-state index in [0.29, 0.717) is 0 Å². The molecule has 0 saturated heterocycles. The van der Waals surface area contributed by atoms with Gasteiger partial charge in [-0.15, -0.1) is 11.8 Å². The maximum atomic E-state index is 11.3. The summed E-state index contributed by atoms with van der Waals surface area (Å²) in [7, 11) is 0. The van der Waals surface area contributed by atoms with Gasteiger partial charge in [0.1, 0.15) is 11.6 Å². The smallest absolute Gasteiger partial charge is 0.408 e. The lowest BCUT2D eigenvalue weighted by Gasteiger charge is -2.21. The van der Waals surface area contributed by atoms with Gasteiger partial charge in [-0.2, -0.15) is 0 Å². The predicted molar refractivity (Wildman–Crippen MR) is 58.9 cm³/mol. The normalized spacial score (nSPS) is 12.0. The first kappa shape index (κ1) is 14.3. The van der Waals surface area contributed by atoms with Crippen LogP contribution in [0.25, 0.3) is 0 Å². The van der Waals surface area contributed by atoms with Crippen LogP contribution >= 0.6 is 0 Å². The van der Waals surface area contributed by atoms with Crippen molar-refractivity contribution in [2.75, 3.05) is 0 Å². The fourth-order valence-corrected chi connectivity index (χ4v) is 0.854. The van der Waals surface area contributed by atoms with E-state index in [2.05, 4.69) is 17.2 Å². The Morgan fingerprint density at radius 3 is 2.38 bits per heavy atom. The van der Waals surface area contributed by atoms with Crippen LogP contribution in [0.3, 0.4) is 0 Å². The average molecular weight is 227 g/mol. The van der Waals surface area contributed by atoms with Crippen LogP contribution in [-0.2, 0) is 9.53 Å². The van der Waals surface area contributed by atoms with Gasteiger partial charge in [0.2, 0.25) is 0 Å². The average Bonchev–Trinajstić information content (AvgIpc) is 2.08. The molecule has 0 spiro atoms. The Hall–Kier alpha value is -1.70. The molecule has 0 heterocycles. The highest BCUT2D eigenvalue weighted by Gasteiger charge is 2.22. The van der Waals surface area contributed by atoms with Gasteiger partial charge in [-0.1, -0.05) is 0 Å². The second kappa shape index (κ2) is 6.01. The molecule has 0 aromatic rings. The van der Waals surface area contributed by atoms with Gasteiger partial charge >= 0.3 is 12.1 Å². The minimum atomic E-state index is -1.13. The Kier molecular flexibility index (Phi) is 5.37. The van der Waals surface area contributed by atoms with Crippen LogP contribution in [0.15, 0.2) is 0 Å². The van der Waals surface area contributed by atoms with Crippen molar-refractivity contribution in [2.24, 2.45) is 0 Å². The van der Waals surface area contributed by atoms with Crippen LogP contribution in [0.2, 0.25) is 0 Å². The van der Waals surface area contributed by atoms with Gasteiger partial charge in [-0.25, -0.2) is 9.59 Å². The number of amides is 1. The molecule has 0 fully saturated rings. The molecule has 5 heteroatoms. The lowest BCUT2D eigenvalue weighted by Crippen LogP contribution is -2.43. The summed E-state index contributed by atoms with van der Waals surface area (Å²) >= 11 is 0. The Morgan fingerprint density at radius 1 is 1.44 bits per heavy atom. The Bertz CT molecular complexity index is 319. The molecule has 0 aliphatic rings. The number of carboxylic acid groups (broad SMARTS) is 1. The molecule has 1 unspecified atom stereocenters. The maximum absolute atomic E-state index is 11.3. The molecule has 0 aliphatic carbocycles. The third-order valence-corrected chi connectivity index (χ3v) is 1.47. The van der Waals surface area contributed by atoms with E-state index >= 15 is 0 Å². The molecule has 0 aromatic carbocycles. The summed E-state index contributed by atoms with van der Waals surface area (Å²) in [6.45, 7) is 6.71. The SMILES string of the molecule is CC#CCC(NC(=O)OC(C)(C)C)C(=O)O. The summed E-state index contributed by atoms with van der Waals surface area (Å²) < 4.78 is 4.94. The zero-order chi connectivity index (χ0) is 12.8. The summed E-state index contributed by atoms with van der Waals surface area (Å²) in [5.41, 5.74) is -0.649. The minimum Gasteiger partial charge on any atom is -0.480 e. The molecule has 0 radical (unpaired) electrons. The zero-order valence-corrected chi connectivity index (χ0v) is 9.96. The van der Waals surface area contributed by atoms with Crippen LogP contribution in [0.5, 0.6) is 0 Å². The van der Waals surface area contributed by atoms with Crippen molar-refractivity contribution in [1.29, 1.82) is 0 Å². The number of rotatable bonds is 3. The van der Waals surface area contributed by atoms with Gasteiger partial charge in [-0.3, -0.25) is 0 Å². The summed E-state index contributed by atoms with van der Waals surface area (Å²) in [5, 5.41) is 11.1. The van der Waals surface area contributed by atoms with Crippen LogP contribution in [0.1, 0.15) is 34.1 Å². The van der Waals surface area contributed by atoms with Gasteiger partial charge in [0, 0.05) is 6.42 Å². The monoisotopic (exact) mass is 227 g/mol. The maximum Gasteiger partial charge on any atom is 0.408 e. The van der Waals surface area contributed by atoms with Crippen molar-refractivity contribution < 1.29 is 19.4 Å². The molecule has 0 saturated carbocycles. The molecule has 90 valence electrons. The molecular weight excluding hydrogens is 210 g/mol. The van der Waals surface area contributed by atoms with Crippen molar-refractivity contribution in [3.8, 4) is 11.8 Å². The van der Waals surface area contributed by atoms with Crippen molar-refractivity contribution >= 4 is 12.1 Å². The second-order valence-electron chi connectivity index (χ2n) is 4.17. The number of carbonyl (C=O) groups excluding carboxylic acids is 1. The van der Waals surface area contributed by atoms with E-state index in [-0.39, 0.29) is 6.42 Å². The van der Waals surface area contributed by atoms with Crippen molar-refractivity contribution in [1.82, 2.24) is 5.32 Å². The van der Waals surface area contributed by atoms with Crippen molar-refractivity contribution in [2.45, 2.75) is 45.8 Å². The number of nitrogens with one attached hydrogen (secondary N) is 1. The minimum absolute atomic E-state index is 0.0606. The van der Waals surface area contributed by atoms with Crippen LogP contribution in [-0.4, -0.2) is 28.8 Å². The molecule has 1 atom stereocenters. The fraction of sp³-hybridized carbons (Fsp3) is 0.636. The number of hydrogen-bond acceptors (Lipinski definition) is 3. The summed E-state index contributed by atoms with van der Waals surface area (Å²) in [6, 6.07) is -1.04. The van der Waals surface area contributed by atoms with E-state index in [1.165, 1.54) is 0 Å². The molecule has 0 aliphatic heterocycles. The number of aliphatic carboxylic acids is 1. The third kappa shape index (κ3) is 6.71. The summed E-state index contributed by atoms with van der Waals surface area (Å²) in [6.07, 6.45) is -0.691. The quantitative estimate of drug-likeness (QED) is 0.714. The number of carboxylic acids is 1. The van der Waals surface area contributed by atoms with Gasteiger partial charge in [0.25, 0.3) is 0 Å². The topological polar surface area (TPSA) is 75.6 Å². The van der Waals surface area contributed by atoms with Gasteiger partial charge in [0.05, 0.1) is 0 Å². The summed E-state index contributed by atoms with van der Waals surface area (Å²) in [4.78, 5) is 22.1. The Morgan fingerprint density at radius 2 is 2.00 bits per heavy atom. The molecular formula is C11H17NO4. The number of alkyl carbamates (subject to hydrolysis) is 1. The fourth-order valence-electron chi connectivity index (χ4n) is 0.854. The van der Waals surface area contributed by atoms with Crippen LogP contribution in [0.4, 0.5) is 4.79 Å². The van der Waals surface area contributed by atoms with E-state index < -0.39 is 23.7 Å². The number of hydrogen-bond donors (Lipinski definition) is 2. The van der Waals surface area contributed by atoms with Crippen LogP contribution in [0, 0.1) is 11.8 Å². The molecule has 0 aromatic heterocycles. The summed E-state index contributed by atoms with van der Waals surface area (Å²) in [5.74, 6) is 4.03. The predicted octanol–water partition coefficient (Wildman–Crippen LogP) is 1.38. The molecule has 1 amide bonds. The lowest BCUT2D eigenvalue weighted by atomic mass is 10.2. The zero-order valence-electron chi connectivity index (χ0n) is 9.96. The first-order valence-electron chi connectivity index (χ1n) is 4.88. The van der Waals surface area contributed by atoms with E-state index in [4.69, 9.17) is 9.84 Å². The second-order valence-corrected chi connectivity index (χ2v) is 4.17. The lowest BCUT2D eigenvalue weighted by molar-refractivity contribution is -0.139. The Balaban J connectivity index is 4.33. The standard InChI is InChI=1S/C11H17NO4/c1-5-6-7-8(9(13)14)12-10(15)16-11(2,3)4/h8H,7H2,1-4H3,(H,12,15)(H,13,14). The highest BCUT2D eigenvalue weighted by atomic mass is 16.6. The van der Waals surface area contributed by atoms with E-state index in [9.17, 15) is 9.59 Å². The Labute approximate surface area is 95.2 Å². The van der Waals surface area contributed by atoms with Crippen molar-refractivity contribution in [3.05, 3.63) is 0 Å². The molecule has 0 bridgehead atoms. The first-order chi connectivity index (χ1) is 7.26. The largest absolute Gasteiger partial charge is 0.480 e. The van der Waals surface area contributed by atoms with Crippen molar-refractivity contribution in [3.63, 3.8) is 0 Å². The van der Waals surface area contributed by atoms with E-state index in [1.54, 1.807) is 27.7 Å².